The molecule has 0 saturated carbocycles. The molecule has 0 N–H and O–H groups in total. The van der Waals surface area contributed by atoms with Crippen LogP contribution in [0.4, 0.5) is 0 Å². The Kier molecular flexibility index (Phi) is 3.77. The normalized spacial score (nSPS) is 10.2. The number of aldehydes is 1. The molecule has 0 aliphatic carbocycles. The lowest BCUT2D eigenvalue weighted by Crippen LogP contribution is -1.93. The largest absolute Gasteiger partial charge is 0.456 e. The van der Waals surface area contributed by atoms with Crippen molar-refractivity contribution in [3.8, 4) is 11.5 Å². The Morgan fingerprint density at radius 1 is 1.17 bits per heavy atom. The van der Waals surface area contributed by atoms with Crippen molar-refractivity contribution in [1.29, 1.82) is 0 Å². The number of nitrogens with zero attached hydrogens (tertiary/aromatic N) is 1. The van der Waals surface area contributed by atoms with Crippen molar-refractivity contribution < 1.29 is 9.53 Å². The van der Waals surface area contributed by atoms with Crippen molar-refractivity contribution in [1.82, 2.24) is 4.98 Å². The quantitative estimate of drug-likeness (QED) is 0.803. The van der Waals surface area contributed by atoms with Gasteiger partial charge in [0.15, 0.2) is 6.29 Å². The van der Waals surface area contributed by atoms with Gasteiger partial charge in [-0.3, -0.25) is 9.78 Å². The minimum atomic E-state index is 0.511. The van der Waals surface area contributed by atoms with Gasteiger partial charge in [0.25, 0.3) is 0 Å². The number of aryl methyl sites for hydroxylation is 2. The third kappa shape index (κ3) is 2.96. The van der Waals surface area contributed by atoms with Gasteiger partial charge in [0.2, 0.25) is 0 Å². The van der Waals surface area contributed by atoms with Crippen LogP contribution in [0.2, 0.25) is 0 Å². The van der Waals surface area contributed by atoms with Crippen LogP contribution in [0, 0.1) is 13.8 Å². The van der Waals surface area contributed by atoms with E-state index in [0.29, 0.717) is 17.1 Å². The number of halogens is 1. The van der Waals surface area contributed by atoms with Crippen LogP contribution in [0.5, 0.6) is 11.5 Å². The van der Waals surface area contributed by atoms with Gasteiger partial charge in [-0.1, -0.05) is 15.9 Å². The number of benzene rings is 1. The molecule has 0 unspecified atom stereocenters. The molecular formula is C14H12BrNO2. The molecule has 92 valence electrons. The van der Waals surface area contributed by atoms with Crippen LogP contribution in [-0.2, 0) is 0 Å². The monoisotopic (exact) mass is 305 g/mol. The Morgan fingerprint density at radius 2 is 1.83 bits per heavy atom. The predicted octanol–water partition coefficient (Wildman–Crippen LogP) is 4.07. The highest BCUT2D eigenvalue weighted by Crippen LogP contribution is 2.27. The van der Waals surface area contributed by atoms with Gasteiger partial charge in [0.1, 0.15) is 11.5 Å². The maximum Gasteiger partial charge on any atom is 0.153 e. The number of rotatable bonds is 3. The molecule has 1 aromatic heterocycles. The molecule has 0 spiro atoms. The fourth-order valence-corrected chi connectivity index (χ4v) is 2.07. The molecule has 0 atom stereocenters. The van der Waals surface area contributed by atoms with Crippen molar-refractivity contribution >= 4 is 22.2 Å². The molecule has 0 bridgehead atoms. The minimum Gasteiger partial charge on any atom is -0.456 e. The van der Waals surface area contributed by atoms with E-state index in [1.165, 1.54) is 0 Å². The van der Waals surface area contributed by atoms with Crippen LogP contribution in [0.25, 0.3) is 0 Å². The van der Waals surface area contributed by atoms with Crippen molar-refractivity contribution in [3.05, 3.63) is 51.8 Å². The van der Waals surface area contributed by atoms with Gasteiger partial charge in [0.05, 0.1) is 5.56 Å². The first-order valence-electron chi connectivity index (χ1n) is 5.46. The van der Waals surface area contributed by atoms with Gasteiger partial charge in [-0.15, -0.1) is 0 Å². The summed E-state index contributed by atoms with van der Waals surface area (Å²) >= 11 is 3.32. The number of aromatic nitrogens is 1. The van der Waals surface area contributed by atoms with Crippen LogP contribution in [0.3, 0.4) is 0 Å². The van der Waals surface area contributed by atoms with Crippen LogP contribution in [-0.4, -0.2) is 11.3 Å². The molecule has 0 aliphatic rings. The van der Waals surface area contributed by atoms with Gasteiger partial charge >= 0.3 is 0 Å². The molecule has 2 rings (SSSR count). The predicted molar refractivity (Wildman–Crippen MR) is 73.3 cm³/mol. The van der Waals surface area contributed by atoms with Crippen LogP contribution in [0.1, 0.15) is 21.7 Å². The first kappa shape index (κ1) is 12.8. The molecule has 1 heterocycles. The third-order valence-corrected chi connectivity index (χ3v) is 2.87. The lowest BCUT2D eigenvalue weighted by Gasteiger charge is -2.09. The maximum atomic E-state index is 11.0. The number of hydrogen-bond donors (Lipinski definition) is 0. The summed E-state index contributed by atoms with van der Waals surface area (Å²) in [5, 5.41) is 0. The summed E-state index contributed by atoms with van der Waals surface area (Å²) in [6, 6.07) is 9.00. The SMILES string of the molecule is Cc1cc(Oc2ccc(Br)cc2C=O)cc(C)n1. The van der Waals surface area contributed by atoms with Gasteiger partial charge in [-0.25, -0.2) is 0 Å². The topological polar surface area (TPSA) is 39.2 Å². The minimum absolute atomic E-state index is 0.511. The van der Waals surface area contributed by atoms with Gasteiger partial charge in [0, 0.05) is 28.0 Å². The molecule has 0 fully saturated rings. The highest BCUT2D eigenvalue weighted by molar-refractivity contribution is 9.10. The molecule has 4 heteroatoms. The fraction of sp³-hybridized carbons (Fsp3) is 0.143. The molecule has 0 aliphatic heterocycles. The van der Waals surface area contributed by atoms with E-state index in [-0.39, 0.29) is 0 Å². The Hall–Kier alpha value is -1.68. The number of pyridine rings is 1. The van der Waals surface area contributed by atoms with Crippen LogP contribution in [0.15, 0.2) is 34.8 Å². The van der Waals surface area contributed by atoms with Crippen molar-refractivity contribution in [3.63, 3.8) is 0 Å². The summed E-state index contributed by atoms with van der Waals surface area (Å²) < 4.78 is 6.57. The van der Waals surface area contributed by atoms with E-state index in [2.05, 4.69) is 20.9 Å². The third-order valence-electron chi connectivity index (χ3n) is 2.38. The maximum absolute atomic E-state index is 11.0. The number of ether oxygens (including phenoxy) is 1. The summed E-state index contributed by atoms with van der Waals surface area (Å²) in [7, 11) is 0. The van der Waals surface area contributed by atoms with Gasteiger partial charge < -0.3 is 4.74 Å². The standard InChI is InChI=1S/C14H12BrNO2/c1-9-5-13(6-10(2)16-9)18-14-4-3-12(15)7-11(14)8-17/h3-8H,1-2H3. The second kappa shape index (κ2) is 5.31. The molecular weight excluding hydrogens is 294 g/mol. The van der Waals surface area contributed by atoms with Crippen molar-refractivity contribution in [2.24, 2.45) is 0 Å². The number of hydrogen-bond acceptors (Lipinski definition) is 3. The average molecular weight is 306 g/mol. The highest BCUT2D eigenvalue weighted by Gasteiger charge is 2.06. The Labute approximate surface area is 114 Å². The Balaban J connectivity index is 2.36. The molecule has 18 heavy (non-hydrogen) atoms. The van der Waals surface area contributed by atoms with Crippen molar-refractivity contribution in [2.75, 3.05) is 0 Å². The zero-order valence-electron chi connectivity index (χ0n) is 10.1. The molecule has 0 amide bonds. The van der Waals surface area contributed by atoms with E-state index >= 15 is 0 Å². The van der Waals surface area contributed by atoms with E-state index in [1.807, 2.05) is 32.0 Å². The van der Waals surface area contributed by atoms with E-state index in [4.69, 9.17) is 4.74 Å². The summed E-state index contributed by atoms with van der Waals surface area (Å²) in [6.07, 6.45) is 0.779. The molecule has 2 aromatic rings. The summed E-state index contributed by atoms with van der Waals surface area (Å²) in [5.74, 6) is 1.23. The molecule has 1 aromatic carbocycles. The summed E-state index contributed by atoms with van der Waals surface area (Å²) in [6.45, 7) is 3.81. The number of carbonyl (C=O) groups is 1. The lowest BCUT2D eigenvalue weighted by atomic mass is 10.2. The van der Waals surface area contributed by atoms with Crippen LogP contribution < -0.4 is 4.74 Å². The Morgan fingerprint density at radius 3 is 2.44 bits per heavy atom. The fourth-order valence-electron chi connectivity index (χ4n) is 1.69. The van der Waals surface area contributed by atoms with Gasteiger partial charge in [-0.2, -0.15) is 0 Å². The van der Waals surface area contributed by atoms with E-state index in [9.17, 15) is 4.79 Å². The summed E-state index contributed by atoms with van der Waals surface area (Å²) in [4.78, 5) is 15.3. The van der Waals surface area contributed by atoms with E-state index in [1.54, 1.807) is 12.1 Å². The van der Waals surface area contributed by atoms with Crippen LogP contribution >= 0.6 is 15.9 Å². The molecule has 3 nitrogen and oxygen atoms in total. The zero-order valence-corrected chi connectivity index (χ0v) is 11.7. The first-order chi connectivity index (χ1) is 8.58. The van der Waals surface area contributed by atoms with Crippen molar-refractivity contribution in [2.45, 2.75) is 13.8 Å². The van der Waals surface area contributed by atoms with Gasteiger partial charge in [-0.05, 0) is 32.0 Å². The molecule has 0 saturated heterocycles. The Bertz CT molecular complexity index is 576. The number of carbonyl (C=O) groups excluding carboxylic acids is 1. The average Bonchev–Trinajstić information content (AvgIpc) is 2.30. The van der Waals surface area contributed by atoms with E-state index in [0.717, 1.165) is 22.1 Å². The smallest absolute Gasteiger partial charge is 0.153 e. The summed E-state index contributed by atoms with van der Waals surface area (Å²) in [5.41, 5.74) is 2.28. The zero-order chi connectivity index (χ0) is 13.1. The molecule has 0 radical (unpaired) electrons. The lowest BCUT2D eigenvalue weighted by molar-refractivity contribution is 0.112. The highest BCUT2D eigenvalue weighted by atomic mass is 79.9. The second-order valence-electron chi connectivity index (χ2n) is 3.99. The second-order valence-corrected chi connectivity index (χ2v) is 4.90. The van der Waals surface area contributed by atoms with E-state index < -0.39 is 0 Å². The first-order valence-corrected chi connectivity index (χ1v) is 6.25.